The molecule has 2 rings (SSSR count). The molecule has 0 saturated carbocycles. The van der Waals surface area contributed by atoms with Gasteiger partial charge in [0.2, 0.25) is 0 Å². The van der Waals surface area contributed by atoms with Gasteiger partial charge in [0.1, 0.15) is 6.67 Å². The molecule has 0 bridgehead atoms. The molecule has 21 heavy (non-hydrogen) atoms. The van der Waals surface area contributed by atoms with Crippen LogP contribution < -0.4 is 10.3 Å². The molecule has 0 aliphatic carbocycles. The van der Waals surface area contributed by atoms with Gasteiger partial charge in [0, 0.05) is 24.2 Å². The number of hydrazone groups is 1. The van der Waals surface area contributed by atoms with Crippen LogP contribution in [0, 0.1) is 0 Å². The summed E-state index contributed by atoms with van der Waals surface area (Å²) < 4.78 is 12.5. The van der Waals surface area contributed by atoms with E-state index in [0.29, 0.717) is 0 Å². The van der Waals surface area contributed by atoms with Gasteiger partial charge in [-0.1, -0.05) is 0 Å². The van der Waals surface area contributed by atoms with Crippen molar-refractivity contribution in [3.05, 3.63) is 29.8 Å². The fourth-order valence-electron chi connectivity index (χ4n) is 1.95. The number of alkyl halides is 1. The maximum absolute atomic E-state index is 12.5. The highest BCUT2D eigenvalue weighted by molar-refractivity contribution is 5.97. The van der Waals surface area contributed by atoms with Crippen LogP contribution in [0.25, 0.3) is 0 Å². The Bertz CT molecular complexity index is 571. The second-order valence-corrected chi connectivity index (χ2v) is 4.77. The molecule has 1 amide bonds. The fraction of sp³-hybridized carbons (Fsp3) is 0.357. The summed E-state index contributed by atoms with van der Waals surface area (Å²) in [6, 6.07) is 5.04. The number of rotatable bonds is 5. The molecule has 7 heteroatoms. The summed E-state index contributed by atoms with van der Waals surface area (Å²) in [5.74, 6) is -2.02. The molecule has 0 aromatic heterocycles. The smallest absolute Gasteiger partial charge is 0.328 e. The number of halogens is 1. The van der Waals surface area contributed by atoms with E-state index >= 15 is 0 Å². The molecule has 1 aliphatic rings. The second-order valence-electron chi connectivity index (χ2n) is 4.77. The number of hydrogen-bond donors (Lipinski definition) is 2. The van der Waals surface area contributed by atoms with Gasteiger partial charge in [-0.2, -0.15) is 5.10 Å². The summed E-state index contributed by atoms with van der Waals surface area (Å²) in [5.41, 5.74) is 2.17. The maximum Gasteiger partial charge on any atom is 0.328 e. The van der Waals surface area contributed by atoms with Crippen LogP contribution in [0.5, 0.6) is 0 Å². The standard InChI is InChI=1S/C14H16FN3O3/c1-9-6-7-18(17-9)11-4-2-10(3-5-11)13(19)16-12(8-15)14(20)21/h2-5,12H,6-8H2,1H3,(H,16,19)(H,20,21). The first-order valence-electron chi connectivity index (χ1n) is 6.52. The molecule has 1 aliphatic heterocycles. The molecule has 0 spiro atoms. The first-order valence-corrected chi connectivity index (χ1v) is 6.52. The van der Waals surface area contributed by atoms with Crippen molar-refractivity contribution in [1.82, 2.24) is 5.32 Å². The van der Waals surface area contributed by atoms with Gasteiger partial charge in [0.05, 0.1) is 5.69 Å². The Hall–Kier alpha value is -2.44. The van der Waals surface area contributed by atoms with Crippen molar-refractivity contribution in [2.45, 2.75) is 19.4 Å². The Kier molecular flexibility index (Phi) is 4.52. The first kappa shape index (κ1) is 15.0. The van der Waals surface area contributed by atoms with Crippen LogP contribution in [0.2, 0.25) is 0 Å². The number of anilines is 1. The van der Waals surface area contributed by atoms with Gasteiger partial charge in [0.15, 0.2) is 6.04 Å². The third-order valence-corrected chi connectivity index (χ3v) is 3.16. The van der Waals surface area contributed by atoms with Crippen molar-refractivity contribution in [3.63, 3.8) is 0 Å². The average molecular weight is 293 g/mol. The molecule has 1 aromatic carbocycles. The summed E-state index contributed by atoms with van der Waals surface area (Å²) in [5, 5.41) is 17.0. The topological polar surface area (TPSA) is 82.0 Å². The van der Waals surface area contributed by atoms with Crippen molar-refractivity contribution >= 4 is 23.3 Å². The Balaban J connectivity index is 2.05. The number of carbonyl (C=O) groups is 2. The molecule has 1 unspecified atom stereocenters. The normalized spacial score (nSPS) is 15.5. The summed E-state index contributed by atoms with van der Waals surface area (Å²) in [6.07, 6.45) is 0.902. The summed E-state index contributed by atoms with van der Waals surface area (Å²) in [6.45, 7) is 1.59. The number of amides is 1. The number of nitrogens with one attached hydrogen (secondary N) is 1. The molecule has 2 N–H and O–H groups in total. The Morgan fingerprint density at radius 1 is 1.43 bits per heavy atom. The zero-order valence-corrected chi connectivity index (χ0v) is 11.5. The molecule has 1 heterocycles. The zero-order valence-electron chi connectivity index (χ0n) is 11.5. The number of benzene rings is 1. The lowest BCUT2D eigenvalue weighted by Crippen LogP contribution is -2.42. The Labute approximate surface area is 121 Å². The molecule has 0 radical (unpaired) electrons. The SMILES string of the molecule is CC1=NN(c2ccc(C(=O)NC(CF)C(=O)O)cc2)CC1. The van der Waals surface area contributed by atoms with Gasteiger partial charge in [0.25, 0.3) is 5.91 Å². The minimum atomic E-state index is -1.52. The monoisotopic (exact) mass is 293 g/mol. The van der Waals surface area contributed by atoms with E-state index in [-0.39, 0.29) is 5.56 Å². The summed E-state index contributed by atoms with van der Waals surface area (Å²) in [7, 11) is 0. The highest BCUT2D eigenvalue weighted by Crippen LogP contribution is 2.19. The van der Waals surface area contributed by atoms with Crippen molar-refractivity contribution in [2.24, 2.45) is 5.10 Å². The van der Waals surface area contributed by atoms with E-state index in [2.05, 4.69) is 10.4 Å². The zero-order chi connectivity index (χ0) is 15.4. The quantitative estimate of drug-likeness (QED) is 0.860. The van der Waals surface area contributed by atoms with E-state index in [1.807, 2.05) is 11.9 Å². The van der Waals surface area contributed by atoms with Gasteiger partial charge >= 0.3 is 5.97 Å². The summed E-state index contributed by atoms with van der Waals surface area (Å²) >= 11 is 0. The molecule has 112 valence electrons. The van der Waals surface area contributed by atoms with E-state index < -0.39 is 24.6 Å². The van der Waals surface area contributed by atoms with Crippen molar-refractivity contribution in [1.29, 1.82) is 0 Å². The number of nitrogens with zero attached hydrogens (tertiary/aromatic N) is 2. The van der Waals surface area contributed by atoms with Gasteiger partial charge in [-0.15, -0.1) is 0 Å². The van der Waals surface area contributed by atoms with E-state index in [0.717, 1.165) is 24.4 Å². The number of carboxylic acids is 1. The van der Waals surface area contributed by atoms with Crippen molar-refractivity contribution in [2.75, 3.05) is 18.2 Å². The van der Waals surface area contributed by atoms with E-state index in [4.69, 9.17) is 5.11 Å². The lowest BCUT2D eigenvalue weighted by atomic mass is 10.1. The molecular formula is C14H16FN3O3. The lowest BCUT2D eigenvalue weighted by molar-refractivity contribution is -0.139. The maximum atomic E-state index is 12.5. The third kappa shape index (κ3) is 3.56. The number of aliphatic carboxylic acids is 1. The van der Waals surface area contributed by atoms with Crippen LogP contribution in [-0.4, -0.2) is 42.0 Å². The number of carboxylic acid groups (broad SMARTS) is 1. The van der Waals surface area contributed by atoms with Crippen LogP contribution in [0.3, 0.4) is 0 Å². The Morgan fingerprint density at radius 2 is 2.10 bits per heavy atom. The predicted molar refractivity (Wildman–Crippen MR) is 76.4 cm³/mol. The van der Waals surface area contributed by atoms with E-state index in [1.54, 1.807) is 24.3 Å². The predicted octanol–water partition coefficient (Wildman–Crippen LogP) is 1.43. The second kappa shape index (κ2) is 6.34. The molecule has 0 saturated heterocycles. The third-order valence-electron chi connectivity index (χ3n) is 3.16. The largest absolute Gasteiger partial charge is 0.480 e. The van der Waals surface area contributed by atoms with E-state index in [1.165, 1.54) is 0 Å². The molecule has 6 nitrogen and oxygen atoms in total. The highest BCUT2D eigenvalue weighted by atomic mass is 19.1. The minimum absolute atomic E-state index is 0.276. The molecular weight excluding hydrogens is 277 g/mol. The summed E-state index contributed by atoms with van der Waals surface area (Å²) in [4.78, 5) is 22.5. The van der Waals surface area contributed by atoms with Crippen LogP contribution in [0.4, 0.5) is 10.1 Å². The fourth-order valence-corrected chi connectivity index (χ4v) is 1.95. The van der Waals surface area contributed by atoms with Crippen LogP contribution in [0.15, 0.2) is 29.4 Å². The minimum Gasteiger partial charge on any atom is -0.480 e. The number of carbonyl (C=O) groups excluding carboxylic acids is 1. The van der Waals surface area contributed by atoms with Crippen molar-refractivity contribution in [3.8, 4) is 0 Å². The van der Waals surface area contributed by atoms with Crippen LogP contribution in [-0.2, 0) is 4.79 Å². The van der Waals surface area contributed by atoms with Crippen molar-refractivity contribution < 1.29 is 19.1 Å². The van der Waals surface area contributed by atoms with Crippen LogP contribution in [0.1, 0.15) is 23.7 Å². The van der Waals surface area contributed by atoms with Gasteiger partial charge in [-0.25, -0.2) is 9.18 Å². The average Bonchev–Trinajstić information content (AvgIpc) is 2.91. The van der Waals surface area contributed by atoms with Gasteiger partial charge in [-0.3, -0.25) is 9.80 Å². The van der Waals surface area contributed by atoms with Crippen LogP contribution >= 0.6 is 0 Å². The van der Waals surface area contributed by atoms with E-state index in [9.17, 15) is 14.0 Å². The lowest BCUT2D eigenvalue weighted by Gasteiger charge is -2.14. The highest BCUT2D eigenvalue weighted by Gasteiger charge is 2.20. The first-order chi connectivity index (χ1) is 10.0. The molecule has 0 fully saturated rings. The van der Waals surface area contributed by atoms with Gasteiger partial charge in [-0.05, 0) is 31.2 Å². The number of hydrogen-bond acceptors (Lipinski definition) is 4. The molecule has 1 atom stereocenters. The Morgan fingerprint density at radius 3 is 2.57 bits per heavy atom. The molecule has 1 aromatic rings. The van der Waals surface area contributed by atoms with Gasteiger partial charge < -0.3 is 10.4 Å².